The van der Waals surface area contributed by atoms with Crippen molar-refractivity contribution >= 4 is 44.8 Å². The number of rotatable bonds is 6. The van der Waals surface area contributed by atoms with Crippen LogP contribution in [0.2, 0.25) is 5.02 Å². The minimum atomic E-state index is -3.31. The first-order chi connectivity index (χ1) is 10.9. The first kappa shape index (κ1) is 17.8. The van der Waals surface area contributed by atoms with Gasteiger partial charge in [-0.15, -0.1) is 11.8 Å². The number of sulfone groups is 1. The number of nitrogens with one attached hydrogen (secondary N) is 1. The van der Waals surface area contributed by atoms with Crippen molar-refractivity contribution in [3.63, 3.8) is 0 Å². The molecule has 0 saturated heterocycles. The van der Waals surface area contributed by atoms with Crippen LogP contribution in [-0.4, -0.2) is 25.8 Å². The number of hydrogen-bond acceptors (Lipinski definition) is 4. The molecule has 0 aromatic heterocycles. The molecular weight excluding hydrogens is 354 g/mol. The molecule has 2 rings (SSSR count). The van der Waals surface area contributed by atoms with Gasteiger partial charge in [0.1, 0.15) is 0 Å². The lowest BCUT2D eigenvalue weighted by molar-refractivity contribution is -0.114. The Morgan fingerprint density at radius 1 is 1.09 bits per heavy atom. The predicted molar refractivity (Wildman–Crippen MR) is 95.0 cm³/mol. The van der Waals surface area contributed by atoms with Crippen molar-refractivity contribution in [1.29, 1.82) is 0 Å². The van der Waals surface area contributed by atoms with E-state index in [-0.39, 0.29) is 16.6 Å². The minimum absolute atomic E-state index is 0.0484. The van der Waals surface area contributed by atoms with Crippen LogP contribution in [0, 0.1) is 0 Å². The van der Waals surface area contributed by atoms with E-state index in [9.17, 15) is 13.2 Å². The van der Waals surface area contributed by atoms with E-state index in [4.69, 9.17) is 11.6 Å². The number of amides is 1. The molecule has 0 aliphatic rings. The van der Waals surface area contributed by atoms with Crippen LogP contribution in [0.15, 0.2) is 58.3 Å². The Morgan fingerprint density at radius 3 is 2.26 bits per heavy atom. The number of thioether (sulfide) groups is 1. The van der Waals surface area contributed by atoms with Crippen LogP contribution < -0.4 is 5.32 Å². The summed E-state index contributed by atoms with van der Waals surface area (Å²) in [5.74, 6) is 0.372. The van der Waals surface area contributed by atoms with E-state index in [0.29, 0.717) is 10.8 Å². The number of benzene rings is 2. The first-order valence-electron chi connectivity index (χ1n) is 6.85. The Bertz CT molecular complexity index is 772. The second-order valence-corrected chi connectivity index (χ2v) is 8.54. The largest absolute Gasteiger partial charge is 0.326 e. The standard InChI is InChI=1S/C16H16ClNO3S2/c1-12(19)18-14-4-6-15(7-5-14)22-10-11-23(20,21)16-8-2-13(17)3-9-16/h2-9H,10-11H2,1H3,(H,18,19). The molecule has 0 unspecified atom stereocenters. The highest BCUT2D eigenvalue weighted by molar-refractivity contribution is 8.00. The quantitative estimate of drug-likeness (QED) is 0.785. The molecule has 0 aliphatic carbocycles. The molecule has 0 atom stereocenters. The van der Waals surface area contributed by atoms with Crippen LogP contribution in [0.25, 0.3) is 0 Å². The summed E-state index contributed by atoms with van der Waals surface area (Å²) in [4.78, 5) is 12.2. The summed E-state index contributed by atoms with van der Waals surface area (Å²) in [7, 11) is -3.31. The van der Waals surface area contributed by atoms with E-state index in [1.54, 1.807) is 24.3 Å². The third-order valence-electron chi connectivity index (χ3n) is 2.97. The highest BCUT2D eigenvalue weighted by atomic mass is 35.5. The van der Waals surface area contributed by atoms with Crippen LogP contribution in [-0.2, 0) is 14.6 Å². The summed E-state index contributed by atoms with van der Waals surface area (Å²) in [5, 5.41) is 3.20. The lowest BCUT2D eigenvalue weighted by Crippen LogP contribution is -2.08. The second-order valence-electron chi connectivity index (χ2n) is 4.83. The van der Waals surface area contributed by atoms with Crippen molar-refractivity contribution in [2.45, 2.75) is 16.7 Å². The zero-order chi connectivity index (χ0) is 16.9. The Morgan fingerprint density at radius 2 is 1.70 bits per heavy atom. The molecule has 0 heterocycles. The average Bonchev–Trinajstić information content (AvgIpc) is 2.49. The summed E-state index contributed by atoms with van der Waals surface area (Å²) >= 11 is 7.22. The Hall–Kier alpha value is -1.50. The third-order valence-corrected chi connectivity index (χ3v) is 6.22. The van der Waals surface area contributed by atoms with Gasteiger partial charge in [-0.1, -0.05) is 11.6 Å². The first-order valence-corrected chi connectivity index (χ1v) is 9.87. The fraction of sp³-hybridized carbons (Fsp3) is 0.188. The summed E-state index contributed by atoms with van der Waals surface area (Å²) in [6, 6.07) is 13.5. The highest BCUT2D eigenvalue weighted by Crippen LogP contribution is 2.22. The van der Waals surface area contributed by atoms with Gasteiger partial charge in [-0.2, -0.15) is 0 Å². The summed E-state index contributed by atoms with van der Waals surface area (Å²) in [6.45, 7) is 1.45. The van der Waals surface area contributed by atoms with E-state index in [1.165, 1.54) is 30.8 Å². The van der Waals surface area contributed by atoms with E-state index in [0.717, 1.165) is 10.6 Å². The monoisotopic (exact) mass is 369 g/mol. The fourth-order valence-corrected chi connectivity index (χ4v) is 4.55. The zero-order valence-electron chi connectivity index (χ0n) is 12.5. The molecule has 7 heteroatoms. The predicted octanol–water partition coefficient (Wildman–Crippen LogP) is 3.86. The molecule has 1 amide bonds. The third kappa shape index (κ3) is 5.57. The molecule has 0 bridgehead atoms. The van der Waals surface area contributed by atoms with Crippen molar-refractivity contribution < 1.29 is 13.2 Å². The molecule has 4 nitrogen and oxygen atoms in total. The lowest BCUT2D eigenvalue weighted by Gasteiger charge is -2.06. The van der Waals surface area contributed by atoms with Crippen molar-refractivity contribution in [2.75, 3.05) is 16.8 Å². The molecule has 122 valence electrons. The lowest BCUT2D eigenvalue weighted by atomic mass is 10.3. The molecular formula is C16H16ClNO3S2. The van der Waals surface area contributed by atoms with Gasteiger partial charge in [0.05, 0.1) is 10.6 Å². The summed E-state index contributed by atoms with van der Waals surface area (Å²) in [6.07, 6.45) is 0. The number of carbonyl (C=O) groups excluding carboxylic acids is 1. The van der Waals surface area contributed by atoms with Gasteiger partial charge >= 0.3 is 0 Å². The van der Waals surface area contributed by atoms with Crippen LogP contribution in [0.1, 0.15) is 6.92 Å². The maximum absolute atomic E-state index is 12.2. The Kier molecular flexibility index (Phi) is 6.10. The Balaban J connectivity index is 1.91. The molecule has 2 aromatic rings. The van der Waals surface area contributed by atoms with Crippen LogP contribution in [0.4, 0.5) is 5.69 Å². The van der Waals surface area contributed by atoms with E-state index < -0.39 is 9.84 Å². The van der Waals surface area contributed by atoms with Gasteiger partial charge in [0, 0.05) is 28.3 Å². The summed E-state index contributed by atoms with van der Waals surface area (Å²) in [5.41, 5.74) is 0.718. The molecule has 2 aromatic carbocycles. The minimum Gasteiger partial charge on any atom is -0.326 e. The zero-order valence-corrected chi connectivity index (χ0v) is 14.8. The molecule has 0 fully saturated rings. The number of anilines is 1. The van der Waals surface area contributed by atoms with Gasteiger partial charge < -0.3 is 5.32 Å². The van der Waals surface area contributed by atoms with Gasteiger partial charge in [-0.3, -0.25) is 4.79 Å². The molecule has 1 N–H and O–H groups in total. The molecule has 0 radical (unpaired) electrons. The normalized spacial score (nSPS) is 11.2. The topological polar surface area (TPSA) is 63.2 Å². The maximum Gasteiger partial charge on any atom is 0.221 e. The second kappa shape index (κ2) is 7.86. The molecule has 23 heavy (non-hydrogen) atoms. The van der Waals surface area contributed by atoms with Gasteiger partial charge in [0.15, 0.2) is 9.84 Å². The van der Waals surface area contributed by atoms with Gasteiger partial charge in [0.25, 0.3) is 0 Å². The van der Waals surface area contributed by atoms with Gasteiger partial charge in [-0.25, -0.2) is 8.42 Å². The number of hydrogen-bond donors (Lipinski definition) is 1. The maximum atomic E-state index is 12.2. The smallest absolute Gasteiger partial charge is 0.221 e. The Labute approximate surface area is 145 Å². The van der Waals surface area contributed by atoms with Crippen LogP contribution in [0.3, 0.4) is 0 Å². The number of halogens is 1. The van der Waals surface area contributed by atoms with Crippen molar-refractivity contribution in [1.82, 2.24) is 0 Å². The van der Waals surface area contributed by atoms with Gasteiger partial charge in [0.2, 0.25) is 5.91 Å². The average molecular weight is 370 g/mol. The highest BCUT2D eigenvalue weighted by Gasteiger charge is 2.14. The van der Waals surface area contributed by atoms with E-state index >= 15 is 0 Å². The van der Waals surface area contributed by atoms with Crippen LogP contribution in [0.5, 0.6) is 0 Å². The molecule has 0 spiro atoms. The van der Waals surface area contributed by atoms with Crippen molar-refractivity contribution in [3.8, 4) is 0 Å². The molecule has 0 aliphatic heterocycles. The fourth-order valence-electron chi connectivity index (χ4n) is 1.87. The van der Waals surface area contributed by atoms with Crippen molar-refractivity contribution in [2.24, 2.45) is 0 Å². The van der Waals surface area contributed by atoms with E-state index in [1.807, 2.05) is 12.1 Å². The summed E-state index contributed by atoms with van der Waals surface area (Å²) < 4.78 is 24.4. The number of carbonyl (C=O) groups is 1. The SMILES string of the molecule is CC(=O)Nc1ccc(SCCS(=O)(=O)c2ccc(Cl)cc2)cc1. The van der Waals surface area contributed by atoms with Crippen molar-refractivity contribution in [3.05, 3.63) is 53.6 Å². The van der Waals surface area contributed by atoms with Crippen LogP contribution >= 0.6 is 23.4 Å². The van der Waals surface area contributed by atoms with E-state index in [2.05, 4.69) is 5.32 Å². The van der Waals surface area contributed by atoms with Gasteiger partial charge in [-0.05, 0) is 48.5 Å². The molecule has 0 saturated carbocycles.